The van der Waals surface area contributed by atoms with Crippen LogP contribution in [-0.2, 0) is 9.84 Å². The molecule has 11 heteroatoms. The monoisotopic (exact) mass is 544 g/mol. The number of carbonyl (C=O) groups excluding carboxylic acids is 2. The third-order valence-corrected chi connectivity index (χ3v) is 7.90. The molecule has 0 saturated heterocycles. The second kappa shape index (κ2) is 9.69. The zero-order valence-corrected chi connectivity index (χ0v) is 21.0. The smallest absolute Gasteiger partial charge is 0.255 e. The van der Waals surface area contributed by atoms with E-state index in [0.29, 0.717) is 45.5 Å². The third-order valence-electron chi connectivity index (χ3n) is 6.11. The largest absolute Gasteiger partial charge is 0.454 e. The minimum Gasteiger partial charge on any atom is -0.454 e. The van der Waals surface area contributed by atoms with E-state index in [4.69, 9.17) is 18.9 Å². The van der Waals surface area contributed by atoms with Gasteiger partial charge in [0.05, 0.1) is 9.79 Å². The summed E-state index contributed by atoms with van der Waals surface area (Å²) in [6.07, 6.45) is 0. The van der Waals surface area contributed by atoms with Crippen molar-refractivity contribution in [2.45, 2.75) is 9.79 Å². The molecule has 4 aromatic rings. The molecule has 2 heterocycles. The number of nitrogens with one attached hydrogen (secondary N) is 2. The molecule has 0 spiro atoms. The summed E-state index contributed by atoms with van der Waals surface area (Å²) in [5, 5.41) is 5.47. The van der Waals surface area contributed by atoms with Crippen molar-refractivity contribution in [3.63, 3.8) is 0 Å². The molecule has 0 aliphatic carbocycles. The molecule has 0 saturated carbocycles. The minimum atomic E-state index is -3.83. The van der Waals surface area contributed by atoms with Gasteiger partial charge in [-0.2, -0.15) is 0 Å². The first-order valence-corrected chi connectivity index (χ1v) is 13.2. The highest BCUT2D eigenvalue weighted by Crippen LogP contribution is 2.34. The van der Waals surface area contributed by atoms with Crippen LogP contribution in [-0.4, -0.2) is 33.8 Å². The minimum absolute atomic E-state index is 0.0562. The molecule has 196 valence electrons. The van der Waals surface area contributed by atoms with E-state index in [2.05, 4.69) is 10.6 Å². The highest BCUT2D eigenvalue weighted by Gasteiger charge is 2.20. The zero-order chi connectivity index (χ0) is 27.0. The van der Waals surface area contributed by atoms with Crippen molar-refractivity contribution in [2.24, 2.45) is 0 Å². The third kappa shape index (κ3) is 4.82. The van der Waals surface area contributed by atoms with E-state index in [1.807, 2.05) is 0 Å². The van der Waals surface area contributed by atoms with Gasteiger partial charge in [0.2, 0.25) is 23.4 Å². The standard InChI is InChI=1S/C28H20N2O8S/c31-27(17-1-11-23-25(13-17)37-15-35-23)29-19-3-7-21(8-4-19)39(33,34)22-9-5-20(6-10-22)30-28(32)18-2-12-24-26(14-18)38-16-36-24/h1-14H,15-16H2,(H,29,31)(H,30,32). The predicted molar refractivity (Wildman–Crippen MR) is 139 cm³/mol. The maximum atomic E-state index is 13.1. The molecule has 0 bridgehead atoms. The highest BCUT2D eigenvalue weighted by atomic mass is 32.2. The van der Waals surface area contributed by atoms with Gasteiger partial charge in [-0.05, 0) is 84.9 Å². The Kier molecular flexibility index (Phi) is 6.04. The van der Waals surface area contributed by atoms with Gasteiger partial charge in [-0.15, -0.1) is 0 Å². The van der Waals surface area contributed by atoms with E-state index in [1.165, 1.54) is 48.5 Å². The molecule has 10 nitrogen and oxygen atoms in total. The molecule has 0 unspecified atom stereocenters. The molecule has 0 radical (unpaired) electrons. The van der Waals surface area contributed by atoms with Gasteiger partial charge >= 0.3 is 0 Å². The Balaban J connectivity index is 1.11. The van der Waals surface area contributed by atoms with Crippen LogP contribution in [0.3, 0.4) is 0 Å². The number of benzene rings is 4. The summed E-state index contributed by atoms with van der Waals surface area (Å²) in [4.78, 5) is 25.3. The predicted octanol–water partition coefficient (Wildman–Crippen LogP) is 4.48. The molecule has 39 heavy (non-hydrogen) atoms. The lowest BCUT2D eigenvalue weighted by atomic mass is 10.2. The second-order valence-electron chi connectivity index (χ2n) is 8.60. The molecule has 2 amide bonds. The number of amides is 2. The molecule has 0 aromatic heterocycles. The lowest BCUT2D eigenvalue weighted by Crippen LogP contribution is -2.12. The number of anilines is 2. The van der Waals surface area contributed by atoms with Crippen LogP contribution in [0.25, 0.3) is 0 Å². The molecule has 6 rings (SSSR count). The van der Waals surface area contributed by atoms with Crippen LogP contribution in [0, 0.1) is 0 Å². The first kappa shape index (κ1) is 24.3. The number of sulfone groups is 1. The topological polar surface area (TPSA) is 129 Å². The van der Waals surface area contributed by atoms with Crippen LogP contribution in [0.2, 0.25) is 0 Å². The number of hydrogen-bond acceptors (Lipinski definition) is 8. The normalized spacial score (nSPS) is 13.1. The van der Waals surface area contributed by atoms with E-state index >= 15 is 0 Å². The lowest BCUT2D eigenvalue weighted by Gasteiger charge is -2.10. The van der Waals surface area contributed by atoms with Gasteiger partial charge in [0.25, 0.3) is 11.8 Å². The Morgan fingerprint density at radius 1 is 0.538 bits per heavy atom. The molecule has 2 N–H and O–H groups in total. The Bertz CT molecular complexity index is 1580. The molecular formula is C28H20N2O8S. The molecular weight excluding hydrogens is 524 g/mol. The number of hydrogen-bond donors (Lipinski definition) is 2. The van der Waals surface area contributed by atoms with Crippen molar-refractivity contribution >= 4 is 33.0 Å². The SMILES string of the molecule is O=C(Nc1ccc(S(=O)(=O)c2ccc(NC(=O)c3ccc4c(c3)OCO4)cc2)cc1)c1ccc2c(c1)OCO2. The number of rotatable bonds is 6. The summed E-state index contributed by atoms with van der Waals surface area (Å²) in [5.74, 6) is 1.37. The van der Waals surface area contributed by atoms with Crippen LogP contribution in [0.5, 0.6) is 23.0 Å². The average molecular weight is 545 g/mol. The summed E-state index contributed by atoms with van der Waals surface area (Å²) in [5.41, 5.74) is 1.61. The first-order valence-electron chi connectivity index (χ1n) is 11.7. The fourth-order valence-electron chi connectivity index (χ4n) is 4.05. The number of fused-ring (bicyclic) bond motifs is 2. The van der Waals surface area contributed by atoms with Crippen molar-refractivity contribution in [3.8, 4) is 23.0 Å². The van der Waals surface area contributed by atoms with Crippen molar-refractivity contribution < 1.29 is 37.0 Å². The lowest BCUT2D eigenvalue weighted by molar-refractivity contribution is 0.101. The number of carbonyl (C=O) groups is 2. The van der Waals surface area contributed by atoms with E-state index in [-0.39, 0.29) is 35.2 Å². The van der Waals surface area contributed by atoms with E-state index < -0.39 is 9.84 Å². The quantitative estimate of drug-likeness (QED) is 0.364. The van der Waals surface area contributed by atoms with Gasteiger partial charge < -0.3 is 29.6 Å². The Morgan fingerprint density at radius 3 is 1.33 bits per heavy atom. The van der Waals surface area contributed by atoms with Crippen molar-refractivity contribution in [2.75, 3.05) is 24.2 Å². The van der Waals surface area contributed by atoms with Gasteiger partial charge in [0.15, 0.2) is 23.0 Å². The van der Waals surface area contributed by atoms with Crippen molar-refractivity contribution in [1.29, 1.82) is 0 Å². The van der Waals surface area contributed by atoms with Crippen LogP contribution in [0.15, 0.2) is 94.7 Å². The van der Waals surface area contributed by atoms with Gasteiger partial charge in [-0.25, -0.2) is 8.42 Å². The van der Waals surface area contributed by atoms with Crippen LogP contribution < -0.4 is 29.6 Å². The fraction of sp³-hybridized carbons (Fsp3) is 0.0714. The summed E-state index contributed by atoms with van der Waals surface area (Å²) in [6.45, 7) is 0.212. The fourth-order valence-corrected chi connectivity index (χ4v) is 5.31. The molecule has 0 atom stereocenters. The summed E-state index contributed by atoms with van der Waals surface area (Å²) in [7, 11) is -3.83. The summed E-state index contributed by atoms with van der Waals surface area (Å²) in [6, 6.07) is 21.4. The maximum Gasteiger partial charge on any atom is 0.255 e. The number of ether oxygens (including phenoxy) is 4. The molecule has 0 fully saturated rings. The molecule has 2 aliphatic heterocycles. The van der Waals surface area contributed by atoms with Crippen LogP contribution >= 0.6 is 0 Å². The Hall–Kier alpha value is -5.03. The van der Waals surface area contributed by atoms with Gasteiger partial charge in [0.1, 0.15) is 0 Å². The van der Waals surface area contributed by atoms with Crippen LogP contribution in [0.1, 0.15) is 20.7 Å². The Morgan fingerprint density at radius 2 is 0.923 bits per heavy atom. The summed E-state index contributed by atoms with van der Waals surface area (Å²) < 4.78 is 47.4. The van der Waals surface area contributed by atoms with Crippen molar-refractivity contribution in [1.82, 2.24) is 0 Å². The maximum absolute atomic E-state index is 13.1. The van der Waals surface area contributed by atoms with Crippen molar-refractivity contribution in [3.05, 3.63) is 96.1 Å². The summed E-state index contributed by atoms with van der Waals surface area (Å²) >= 11 is 0. The van der Waals surface area contributed by atoms with Gasteiger partial charge in [-0.1, -0.05) is 0 Å². The Labute approximate surface area is 223 Å². The average Bonchev–Trinajstić information content (AvgIpc) is 3.62. The van der Waals surface area contributed by atoms with E-state index in [9.17, 15) is 18.0 Å². The van der Waals surface area contributed by atoms with E-state index in [0.717, 1.165) is 0 Å². The highest BCUT2D eigenvalue weighted by molar-refractivity contribution is 7.91. The molecule has 2 aliphatic rings. The van der Waals surface area contributed by atoms with Crippen LogP contribution in [0.4, 0.5) is 11.4 Å². The first-order chi connectivity index (χ1) is 18.9. The van der Waals surface area contributed by atoms with Gasteiger partial charge in [0, 0.05) is 22.5 Å². The van der Waals surface area contributed by atoms with E-state index in [1.54, 1.807) is 36.4 Å². The second-order valence-corrected chi connectivity index (χ2v) is 10.5. The van der Waals surface area contributed by atoms with Gasteiger partial charge in [-0.3, -0.25) is 9.59 Å². The molecule has 4 aromatic carbocycles. The zero-order valence-electron chi connectivity index (χ0n) is 20.2.